The van der Waals surface area contributed by atoms with Gasteiger partial charge in [-0.15, -0.1) is 0 Å². The first-order chi connectivity index (χ1) is 11.2. The van der Waals surface area contributed by atoms with E-state index in [1.165, 1.54) is 44.9 Å². The van der Waals surface area contributed by atoms with Gasteiger partial charge in [0.05, 0.1) is 14.1 Å². The van der Waals surface area contributed by atoms with Crippen molar-refractivity contribution in [3.05, 3.63) is 0 Å². The fraction of sp³-hybridized carbons (Fsp3) is 0.947. The highest BCUT2D eigenvalue weighted by atomic mass is 16.4. The molecule has 0 amide bonds. The highest BCUT2D eigenvalue weighted by Crippen LogP contribution is 2.26. The topological polar surface area (TPSA) is 80.6 Å². The minimum atomic E-state index is -2.06. The van der Waals surface area contributed by atoms with Crippen molar-refractivity contribution < 1.29 is 24.6 Å². The molecular formula is C19H39NO4. The fourth-order valence-electron chi connectivity index (χ4n) is 3.17. The molecule has 0 radical (unpaired) electrons. The first kappa shape index (κ1) is 23.4. The van der Waals surface area contributed by atoms with Crippen LogP contribution in [0.5, 0.6) is 0 Å². The van der Waals surface area contributed by atoms with Crippen LogP contribution in [0, 0.1) is 0 Å². The number of aliphatic hydroxyl groups excluding tert-OH is 1. The van der Waals surface area contributed by atoms with Gasteiger partial charge in [-0.3, -0.25) is 4.48 Å². The maximum atomic E-state index is 11.3. The van der Waals surface area contributed by atoms with Crippen LogP contribution in [0.2, 0.25) is 0 Å². The monoisotopic (exact) mass is 345 g/mol. The smallest absolute Gasteiger partial charge is 0.243 e. The zero-order valence-corrected chi connectivity index (χ0v) is 16.2. The number of carbonyl (C=O) groups excluding carboxylic acids is 1. The van der Waals surface area contributed by atoms with Crippen LogP contribution in [-0.2, 0) is 4.79 Å². The average molecular weight is 346 g/mol. The van der Waals surface area contributed by atoms with E-state index >= 15 is 0 Å². The lowest BCUT2D eigenvalue weighted by Gasteiger charge is -2.47. The van der Waals surface area contributed by atoms with Crippen molar-refractivity contribution in [2.24, 2.45) is 0 Å². The number of rotatable bonds is 15. The van der Waals surface area contributed by atoms with E-state index in [0.29, 0.717) is 6.42 Å². The van der Waals surface area contributed by atoms with Gasteiger partial charge in [0.15, 0.2) is 6.23 Å². The Hall–Kier alpha value is -0.650. The van der Waals surface area contributed by atoms with E-state index in [1.807, 2.05) is 0 Å². The molecule has 0 saturated heterocycles. The highest BCUT2D eigenvalue weighted by molar-refractivity contribution is 5.72. The number of hydrogen-bond acceptors (Lipinski definition) is 4. The maximum Gasteiger partial charge on any atom is 0.243 e. The normalized spacial score (nSPS) is 15.9. The molecule has 5 heteroatoms. The fourth-order valence-corrected chi connectivity index (χ4v) is 3.17. The Bertz CT molecular complexity index is 346. The second-order valence-electron chi connectivity index (χ2n) is 7.45. The molecule has 0 aliphatic heterocycles. The van der Waals surface area contributed by atoms with E-state index in [9.17, 15) is 20.1 Å². The molecule has 2 atom stereocenters. The van der Waals surface area contributed by atoms with Gasteiger partial charge >= 0.3 is 0 Å². The standard InChI is InChI=1S/C19H39NO4/c1-5-7-8-9-10-11-12-13-14-15-16-17(21)20(3,4)19(24,6-2)18(22)23/h17,21,24H,5-16H2,1-4H3. The Morgan fingerprint density at radius 1 is 0.958 bits per heavy atom. The number of aliphatic hydroxyl groups is 2. The van der Waals surface area contributed by atoms with E-state index in [-0.39, 0.29) is 10.9 Å². The predicted molar refractivity (Wildman–Crippen MR) is 94.8 cm³/mol. The zero-order valence-electron chi connectivity index (χ0n) is 16.2. The van der Waals surface area contributed by atoms with Gasteiger partial charge in [-0.25, -0.2) is 0 Å². The molecule has 2 N–H and O–H groups in total. The third kappa shape index (κ3) is 7.08. The first-order valence-corrected chi connectivity index (χ1v) is 9.69. The largest absolute Gasteiger partial charge is 0.542 e. The van der Waals surface area contributed by atoms with Gasteiger partial charge in [-0.1, -0.05) is 71.6 Å². The van der Waals surface area contributed by atoms with Crippen LogP contribution in [0.4, 0.5) is 0 Å². The van der Waals surface area contributed by atoms with Crippen LogP contribution in [0.25, 0.3) is 0 Å². The molecular weight excluding hydrogens is 306 g/mol. The molecule has 5 nitrogen and oxygen atoms in total. The van der Waals surface area contributed by atoms with Crippen molar-refractivity contribution in [3.8, 4) is 0 Å². The summed E-state index contributed by atoms with van der Waals surface area (Å²) in [4.78, 5) is 11.3. The third-order valence-electron chi connectivity index (χ3n) is 5.33. The summed E-state index contributed by atoms with van der Waals surface area (Å²) in [5.41, 5.74) is -2.06. The van der Waals surface area contributed by atoms with E-state index in [4.69, 9.17) is 0 Å². The summed E-state index contributed by atoms with van der Waals surface area (Å²) >= 11 is 0. The van der Waals surface area contributed by atoms with Crippen molar-refractivity contribution in [2.45, 2.75) is 103 Å². The third-order valence-corrected chi connectivity index (χ3v) is 5.33. The number of likely N-dealkylation sites (N-methyl/N-ethyl adjacent to an activating group) is 1. The summed E-state index contributed by atoms with van der Waals surface area (Å²) in [5.74, 6) is -1.53. The maximum absolute atomic E-state index is 11.3. The summed E-state index contributed by atoms with van der Waals surface area (Å²) in [7, 11) is 3.08. The predicted octanol–water partition coefficient (Wildman–Crippen LogP) is 2.54. The van der Waals surface area contributed by atoms with Crippen LogP contribution < -0.4 is 5.11 Å². The quantitative estimate of drug-likeness (QED) is 0.271. The van der Waals surface area contributed by atoms with Crippen molar-refractivity contribution >= 4 is 5.97 Å². The Balaban J connectivity index is 3.97. The van der Waals surface area contributed by atoms with Crippen LogP contribution in [0.15, 0.2) is 0 Å². The van der Waals surface area contributed by atoms with Gasteiger partial charge in [0, 0.05) is 12.8 Å². The number of carbonyl (C=O) groups is 1. The van der Waals surface area contributed by atoms with Crippen molar-refractivity contribution in [1.29, 1.82) is 0 Å². The Labute approximate surface area is 148 Å². The number of quaternary nitrogens is 1. The lowest BCUT2D eigenvalue weighted by molar-refractivity contribution is -0.998. The van der Waals surface area contributed by atoms with Crippen molar-refractivity contribution in [3.63, 3.8) is 0 Å². The molecule has 0 rings (SSSR count). The number of carboxylic acid groups (broad SMARTS) is 1. The van der Waals surface area contributed by atoms with Crippen LogP contribution in [-0.4, -0.2) is 46.7 Å². The molecule has 0 heterocycles. The molecule has 0 spiro atoms. The molecule has 2 unspecified atom stereocenters. The summed E-state index contributed by atoms with van der Waals surface area (Å²) < 4.78 is -0.386. The summed E-state index contributed by atoms with van der Waals surface area (Å²) in [6, 6.07) is 0. The summed E-state index contributed by atoms with van der Waals surface area (Å²) in [6.07, 6.45) is 11.7. The van der Waals surface area contributed by atoms with E-state index in [0.717, 1.165) is 19.3 Å². The Morgan fingerprint density at radius 2 is 1.38 bits per heavy atom. The van der Waals surface area contributed by atoms with Crippen LogP contribution in [0.1, 0.15) is 90.9 Å². The van der Waals surface area contributed by atoms with Gasteiger partial charge in [0.2, 0.25) is 5.72 Å². The number of hydrogen-bond donors (Lipinski definition) is 2. The number of nitrogens with zero attached hydrogens (tertiary/aromatic N) is 1. The molecule has 144 valence electrons. The number of aliphatic carboxylic acids is 1. The van der Waals surface area contributed by atoms with Crippen LogP contribution >= 0.6 is 0 Å². The Morgan fingerprint density at radius 3 is 1.75 bits per heavy atom. The minimum absolute atomic E-state index is 0.00255. The molecule has 0 aromatic rings. The molecule has 0 aromatic carbocycles. The van der Waals surface area contributed by atoms with Gasteiger partial charge in [-0.2, -0.15) is 0 Å². The Kier molecular flexibility index (Phi) is 11.5. The zero-order chi connectivity index (χ0) is 18.6. The van der Waals surface area contributed by atoms with Gasteiger partial charge in [0.25, 0.3) is 0 Å². The molecule has 0 saturated carbocycles. The van der Waals surface area contributed by atoms with E-state index in [1.54, 1.807) is 21.0 Å². The van der Waals surface area contributed by atoms with E-state index < -0.39 is 17.9 Å². The van der Waals surface area contributed by atoms with Gasteiger partial charge in [-0.05, 0) is 6.42 Å². The van der Waals surface area contributed by atoms with Gasteiger partial charge < -0.3 is 20.1 Å². The minimum Gasteiger partial charge on any atom is -0.542 e. The molecule has 0 bridgehead atoms. The lowest BCUT2D eigenvalue weighted by atomic mass is 10.0. The first-order valence-electron chi connectivity index (χ1n) is 9.69. The summed E-state index contributed by atoms with van der Waals surface area (Å²) in [5, 5.41) is 31.9. The second-order valence-corrected chi connectivity index (χ2v) is 7.45. The number of unbranched alkanes of at least 4 members (excludes halogenated alkanes) is 9. The summed E-state index contributed by atoms with van der Waals surface area (Å²) in [6.45, 7) is 3.81. The highest BCUT2D eigenvalue weighted by Gasteiger charge is 2.48. The van der Waals surface area contributed by atoms with Gasteiger partial charge in [0.1, 0.15) is 5.97 Å². The number of carboxylic acids is 1. The molecule has 0 aliphatic rings. The molecule has 0 fully saturated rings. The molecule has 0 aliphatic carbocycles. The average Bonchev–Trinajstić information content (AvgIpc) is 2.54. The van der Waals surface area contributed by atoms with Crippen LogP contribution in [0.3, 0.4) is 0 Å². The SMILES string of the molecule is CCCCCCCCCCCCC(O)[N+](C)(C)C(O)(CC)C(=O)[O-]. The lowest BCUT2D eigenvalue weighted by Crippen LogP contribution is -2.71. The van der Waals surface area contributed by atoms with Crippen molar-refractivity contribution in [2.75, 3.05) is 14.1 Å². The second kappa shape index (κ2) is 11.8. The molecule has 24 heavy (non-hydrogen) atoms. The molecule has 0 aromatic heterocycles. The van der Waals surface area contributed by atoms with E-state index in [2.05, 4.69) is 6.92 Å². The van der Waals surface area contributed by atoms with Crippen molar-refractivity contribution in [1.82, 2.24) is 0 Å².